The number of benzene rings is 2. The first-order chi connectivity index (χ1) is 13.4. The van der Waals surface area contributed by atoms with Gasteiger partial charge in [-0.1, -0.05) is 18.2 Å². The third-order valence-corrected chi connectivity index (χ3v) is 4.01. The molecule has 6 heteroatoms. The first-order valence-corrected chi connectivity index (χ1v) is 8.84. The summed E-state index contributed by atoms with van der Waals surface area (Å²) in [6, 6.07) is 17.9. The van der Waals surface area contributed by atoms with E-state index in [1.807, 2.05) is 30.3 Å². The number of nitrogens with one attached hydrogen (secondary N) is 1. The fourth-order valence-electron chi connectivity index (χ4n) is 2.59. The number of aryl methyl sites for hydroxylation is 2. The number of esters is 1. The van der Waals surface area contributed by atoms with Crippen molar-refractivity contribution in [3.63, 3.8) is 0 Å². The minimum Gasteiger partial charge on any atom is -0.466 e. The van der Waals surface area contributed by atoms with Crippen LogP contribution in [0, 0.1) is 13.8 Å². The van der Waals surface area contributed by atoms with Crippen molar-refractivity contribution in [2.75, 3.05) is 5.32 Å². The molecule has 0 bridgehead atoms. The molecular formula is C22H21NO5. The first-order valence-electron chi connectivity index (χ1n) is 8.84. The minimum absolute atomic E-state index is 0.319. The van der Waals surface area contributed by atoms with E-state index in [1.54, 1.807) is 44.2 Å². The van der Waals surface area contributed by atoms with E-state index in [0.717, 1.165) is 5.75 Å². The smallest absolute Gasteiger partial charge is 0.342 e. The lowest BCUT2D eigenvalue weighted by Gasteiger charge is -2.13. The van der Waals surface area contributed by atoms with Crippen LogP contribution in [-0.4, -0.2) is 18.0 Å². The number of amides is 1. The minimum atomic E-state index is -0.956. The molecule has 0 fully saturated rings. The second kappa shape index (κ2) is 8.43. The number of hydrogen-bond donors (Lipinski definition) is 1. The van der Waals surface area contributed by atoms with Crippen LogP contribution in [0.3, 0.4) is 0 Å². The summed E-state index contributed by atoms with van der Waals surface area (Å²) in [6.07, 6.45) is -0.956. The van der Waals surface area contributed by atoms with Crippen molar-refractivity contribution in [2.24, 2.45) is 0 Å². The molecule has 0 saturated carbocycles. The molecule has 28 heavy (non-hydrogen) atoms. The van der Waals surface area contributed by atoms with Crippen LogP contribution >= 0.6 is 0 Å². The van der Waals surface area contributed by atoms with Gasteiger partial charge in [0.1, 0.15) is 28.6 Å². The highest BCUT2D eigenvalue weighted by Gasteiger charge is 2.22. The molecule has 1 aromatic heterocycles. The molecule has 1 heterocycles. The van der Waals surface area contributed by atoms with Crippen LogP contribution in [0.2, 0.25) is 0 Å². The zero-order valence-corrected chi connectivity index (χ0v) is 15.9. The van der Waals surface area contributed by atoms with Crippen molar-refractivity contribution >= 4 is 17.6 Å². The molecule has 1 amide bonds. The highest BCUT2D eigenvalue weighted by atomic mass is 16.5. The maximum absolute atomic E-state index is 12.3. The Kier molecular flexibility index (Phi) is 5.79. The lowest BCUT2D eigenvalue weighted by molar-refractivity contribution is -0.123. The number of carbonyl (C=O) groups is 2. The van der Waals surface area contributed by atoms with Crippen molar-refractivity contribution in [1.29, 1.82) is 0 Å². The van der Waals surface area contributed by atoms with Crippen LogP contribution in [0.4, 0.5) is 5.69 Å². The van der Waals surface area contributed by atoms with Gasteiger partial charge in [-0.15, -0.1) is 0 Å². The summed E-state index contributed by atoms with van der Waals surface area (Å²) < 4.78 is 16.3. The highest BCUT2D eigenvalue weighted by Crippen LogP contribution is 2.23. The largest absolute Gasteiger partial charge is 0.466 e. The molecule has 144 valence electrons. The van der Waals surface area contributed by atoms with Crippen LogP contribution in [0.25, 0.3) is 0 Å². The predicted octanol–water partition coefficient (Wildman–Crippen LogP) is 4.87. The molecule has 0 radical (unpaired) electrons. The van der Waals surface area contributed by atoms with Gasteiger partial charge < -0.3 is 19.2 Å². The zero-order valence-electron chi connectivity index (χ0n) is 15.9. The molecule has 0 saturated heterocycles. The van der Waals surface area contributed by atoms with Crippen molar-refractivity contribution in [1.82, 2.24) is 0 Å². The maximum atomic E-state index is 12.3. The van der Waals surface area contributed by atoms with Crippen LogP contribution < -0.4 is 10.1 Å². The summed E-state index contributed by atoms with van der Waals surface area (Å²) >= 11 is 0. The van der Waals surface area contributed by atoms with Gasteiger partial charge in [0, 0.05) is 5.69 Å². The van der Waals surface area contributed by atoms with E-state index >= 15 is 0 Å². The SMILES string of the molecule is Cc1cc(C(=O)O[C@@H](C)C(=O)Nc2ccc(Oc3ccccc3)cc2)c(C)o1. The number of hydrogen-bond acceptors (Lipinski definition) is 5. The highest BCUT2D eigenvalue weighted by molar-refractivity contribution is 5.97. The molecule has 0 unspecified atom stereocenters. The number of para-hydroxylation sites is 1. The van der Waals surface area contributed by atoms with Crippen molar-refractivity contribution in [3.8, 4) is 11.5 Å². The van der Waals surface area contributed by atoms with E-state index in [9.17, 15) is 9.59 Å². The van der Waals surface area contributed by atoms with Gasteiger partial charge >= 0.3 is 5.97 Å². The molecule has 0 aliphatic rings. The third kappa shape index (κ3) is 4.79. The number of anilines is 1. The first kappa shape index (κ1) is 19.2. The van der Waals surface area contributed by atoms with Crippen LogP contribution in [0.1, 0.15) is 28.8 Å². The average Bonchev–Trinajstić information content (AvgIpc) is 3.02. The topological polar surface area (TPSA) is 77.8 Å². The molecule has 2 aromatic carbocycles. The number of furan rings is 1. The van der Waals surface area contributed by atoms with E-state index < -0.39 is 18.0 Å². The van der Waals surface area contributed by atoms with Crippen LogP contribution in [-0.2, 0) is 9.53 Å². The molecule has 0 aliphatic carbocycles. The standard InChI is InChI=1S/C22H21NO5/c1-14-13-20(15(2)26-14)22(25)27-16(3)21(24)23-17-9-11-19(12-10-17)28-18-7-5-4-6-8-18/h4-13,16H,1-3H3,(H,23,24)/t16-/m0/s1. The molecular weight excluding hydrogens is 358 g/mol. The van der Waals surface area contributed by atoms with Crippen molar-refractivity contribution in [3.05, 3.63) is 77.7 Å². The molecule has 0 spiro atoms. The van der Waals surface area contributed by atoms with Crippen molar-refractivity contribution in [2.45, 2.75) is 26.9 Å². The quantitative estimate of drug-likeness (QED) is 0.618. The fourth-order valence-corrected chi connectivity index (χ4v) is 2.59. The van der Waals surface area contributed by atoms with E-state index in [-0.39, 0.29) is 0 Å². The normalized spacial score (nSPS) is 11.5. The van der Waals surface area contributed by atoms with Crippen molar-refractivity contribution < 1.29 is 23.5 Å². The molecule has 6 nitrogen and oxygen atoms in total. The van der Waals surface area contributed by atoms with Gasteiger partial charge in [0.15, 0.2) is 6.10 Å². The number of ether oxygens (including phenoxy) is 2. The summed E-state index contributed by atoms with van der Waals surface area (Å²) in [5, 5.41) is 2.71. The van der Waals surface area contributed by atoms with E-state index in [2.05, 4.69) is 5.32 Å². The van der Waals surface area contributed by atoms with E-state index in [4.69, 9.17) is 13.9 Å². The van der Waals surface area contributed by atoms with E-state index in [1.165, 1.54) is 6.92 Å². The van der Waals surface area contributed by atoms with Gasteiger partial charge in [0.25, 0.3) is 5.91 Å². The van der Waals surface area contributed by atoms with Gasteiger partial charge in [0.05, 0.1) is 0 Å². The summed E-state index contributed by atoms with van der Waals surface area (Å²) in [7, 11) is 0. The Morgan fingerprint density at radius 2 is 1.61 bits per heavy atom. The lowest BCUT2D eigenvalue weighted by Crippen LogP contribution is -2.30. The van der Waals surface area contributed by atoms with Gasteiger partial charge in [-0.3, -0.25) is 4.79 Å². The average molecular weight is 379 g/mol. The second-order valence-electron chi connectivity index (χ2n) is 6.30. The molecule has 1 N–H and O–H groups in total. The Balaban J connectivity index is 1.56. The lowest BCUT2D eigenvalue weighted by atomic mass is 10.2. The summed E-state index contributed by atoms with van der Waals surface area (Å²) in [4.78, 5) is 24.5. The van der Waals surface area contributed by atoms with Gasteiger partial charge in [-0.05, 0) is 63.2 Å². The zero-order chi connectivity index (χ0) is 20.1. The molecule has 0 aliphatic heterocycles. The summed E-state index contributed by atoms with van der Waals surface area (Å²) in [5.41, 5.74) is 0.892. The Morgan fingerprint density at radius 3 is 2.21 bits per heavy atom. The van der Waals surface area contributed by atoms with E-state index in [0.29, 0.717) is 28.5 Å². The van der Waals surface area contributed by atoms with Gasteiger partial charge in [-0.2, -0.15) is 0 Å². The fraction of sp³-hybridized carbons (Fsp3) is 0.182. The number of rotatable bonds is 6. The number of carbonyl (C=O) groups excluding carboxylic acids is 2. The maximum Gasteiger partial charge on any atom is 0.342 e. The van der Waals surface area contributed by atoms with Gasteiger partial charge in [0.2, 0.25) is 0 Å². The second-order valence-corrected chi connectivity index (χ2v) is 6.30. The Bertz CT molecular complexity index is 960. The Morgan fingerprint density at radius 1 is 0.964 bits per heavy atom. The third-order valence-electron chi connectivity index (χ3n) is 4.01. The predicted molar refractivity (Wildman–Crippen MR) is 105 cm³/mol. The Hall–Kier alpha value is -3.54. The summed E-state index contributed by atoms with van der Waals surface area (Å²) in [5.74, 6) is 1.43. The van der Waals surface area contributed by atoms with Crippen LogP contribution in [0.5, 0.6) is 11.5 Å². The van der Waals surface area contributed by atoms with Gasteiger partial charge in [-0.25, -0.2) is 4.79 Å². The van der Waals surface area contributed by atoms with Crippen LogP contribution in [0.15, 0.2) is 65.1 Å². The molecule has 3 rings (SSSR count). The molecule has 1 atom stereocenters. The summed E-state index contributed by atoms with van der Waals surface area (Å²) in [6.45, 7) is 4.93. The Labute approximate surface area is 163 Å². The monoisotopic (exact) mass is 379 g/mol. The molecule has 3 aromatic rings.